The van der Waals surface area contributed by atoms with E-state index in [4.69, 9.17) is 0 Å². The number of allylic oxidation sites excluding steroid dienone is 3. The van der Waals surface area contributed by atoms with Crippen LogP contribution in [0.3, 0.4) is 0 Å². The van der Waals surface area contributed by atoms with Gasteiger partial charge in [-0.25, -0.2) is 0 Å². The Morgan fingerprint density at radius 1 is 1.12 bits per heavy atom. The Morgan fingerprint density at radius 3 is 2.47 bits per heavy atom. The van der Waals surface area contributed by atoms with Gasteiger partial charge < -0.3 is 15.3 Å². The molecule has 10 atom stereocenters. The molecular formula is C28H44O4. The summed E-state index contributed by atoms with van der Waals surface area (Å²) in [7, 11) is 0. The van der Waals surface area contributed by atoms with Gasteiger partial charge >= 0.3 is 0 Å². The Bertz CT molecular complexity index is 801. The second kappa shape index (κ2) is 8.06. The molecule has 4 fully saturated rings. The lowest BCUT2D eigenvalue weighted by Gasteiger charge is -2.64. The van der Waals surface area contributed by atoms with Gasteiger partial charge in [0.25, 0.3) is 0 Å². The van der Waals surface area contributed by atoms with Crippen molar-refractivity contribution in [3.05, 3.63) is 24.3 Å². The summed E-state index contributed by atoms with van der Waals surface area (Å²) in [6.07, 6.45) is 7.86. The molecule has 0 aliphatic heterocycles. The Labute approximate surface area is 194 Å². The molecule has 4 nitrogen and oxygen atoms in total. The van der Waals surface area contributed by atoms with Crippen molar-refractivity contribution in [3.8, 4) is 0 Å². The molecule has 0 heterocycles. The van der Waals surface area contributed by atoms with Crippen molar-refractivity contribution >= 4 is 5.78 Å². The quantitative estimate of drug-likeness (QED) is 0.551. The highest BCUT2D eigenvalue weighted by Gasteiger charge is 2.70. The molecule has 4 saturated carbocycles. The van der Waals surface area contributed by atoms with Crippen LogP contribution in [0, 0.1) is 46.3 Å². The predicted molar refractivity (Wildman–Crippen MR) is 127 cm³/mol. The summed E-state index contributed by atoms with van der Waals surface area (Å²) in [4.78, 5) is 13.4. The Kier molecular flexibility index (Phi) is 6.09. The summed E-state index contributed by atoms with van der Waals surface area (Å²) >= 11 is 0. The monoisotopic (exact) mass is 444 g/mol. The van der Waals surface area contributed by atoms with Crippen LogP contribution in [0.2, 0.25) is 0 Å². The fraction of sp³-hybridized carbons (Fsp3) is 0.821. The van der Waals surface area contributed by atoms with Crippen LogP contribution in [0.25, 0.3) is 0 Å². The molecule has 0 amide bonds. The molecule has 4 aliphatic rings. The molecule has 4 aliphatic carbocycles. The molecule has 0 spiro atoms. The van der Waals surface area contributed by atoms with Gasteiger partial charge in [-0.1, -0.05) is 58.9 Å². The largest absolute Gasteiger partial charge is 0.393 e. The van der Waals surface area contributed by atoms with Crippen molar-refractivity contribution in [1.82, 2.24) is 0 Å². The summed E-state index contributed by atoms with van der Waals surface area (Å²) < 4.78 is 0. The fourth-order valence-corrected chi connectivity index (χ4v) is 8.60. The second-order valence-corrected chi connectivity index (χ2v) is 12.4. The maximum atomic E-state index is 13.4. The maximum absolute atomic E-state index is 13.4. The second-order valence-electron chi connectivity index (χ2n) is 12.4. The lowest BCUT2D eigenvalue weighted by atomic mass is 9.42. The van der Waals surface area contributed by atoms with Gasteiger partial charge in [-0.3, -0.25) is 4.79 Å². The molecule has 3 N–H and O–H groups in total. The van der Waals surface area contributed by atoms with Crippen LogP contribution in [-0.2, 0) is 4.79 Å². The molecule has 32 heavy (non-hydrogen) atoms. The van der Waals surface area contributed by atoms with Crippen molar-refractivity contribution in [2.24, 2.45) is 46.3 Å². The third kappa shape index (κ3) is 3.31. The molecule has 0 aromatic heterocycles. The fourth-order valence-electron chi connectivity index (χ4n) is 8.60. The Balaban J connectivity index is 1.61. The van der Waals surface area contributed by atoms with Gasteiger partial charge in [0, 0.05) is 24.7 Å². The number of rotatable bonds is 4. The number of hydrogen-bond acceptors (Lipinski definition) is 4. The minimum atomic E-state index is -1.61. The van der Waals surface area contributed by atoms with Gasteiger partial charge in [0.2, 0.25) is 0 Å². The first-order valence-corrected chi connectivity index (χ1v) is 12.8. The normalized spacial score (nSPS) is 49.6. The smallest absolute Gasteiger partial charge is 0.165 e. The zero-order valence-corrected chi connectivity index (χ0v) is 20.7. The summed E-state index contributed by atoms with van der Waals surface area (Å²) in [5.74, 6) is 2.10. The van der Waals surface area contributed by atoms with Crippen LogP contribution in [0.4, 0.5) is 0 Å². The molecular weight excluding hydrogens is 400 g/mol. The van der Waals surface area contributed by atoms with E-state index in [-0.39, 0.29) is 35.9 Å². The number of Topliss-reactive ketones (excluding diaryl/α,β-unsaturated/α-hetero) is 1. The zero-order valence-electron chi connectivity index (χ0n) is 20.7. The molecule has 180 valence electrons. The zero-order chi connectivity index (χ0) is 23.6. The molecule has 0 aromatic rings. The first kappa shape index (κ1) is 24.2. The Hall–Kier alpha value is -0.970. The summed E-state index contributed by atoms with van der Waals surface area (Å²) in [6.45, 7) is 15.2. The number of carbonyl (C=O) groups excluding carboxylic acids is 1. The van der Waals surface area contributed by atoms with Crippen LogP contribution in [0.5, 0.6) is 0 Å². The van der Waals surface area contributed by atoms with Gasteiger partial charge in [-0.2, -0.15) is 0 Å². The average molecular weight is 445 g/mol. The van der Waals surface area contributed by atoms with Gasteiger partial charge in [-0.05, 0) is 66.6 Å². The highest BCUT2D eigenvalue weighted by molar-refractivity contribution is 5.90. The van der Waals surface area contributed by atoms with Crippen LogP contribution in [0.15, 0.2) is 24.3 Å². The topological polar surface area (TPSA) is 77.8 Å². The number of aliphatic hydroxyl groups excluding tert-OH is 2. The van der Waals surface area contributed by atoms with Crippen LogP contribution in [-0.4, -0.2) is 38.9 Å². The maximum Gasteiger partial charge on any atom is 0.165 e. The van der Waals surface area contributed by atoms with Crippen molar-refractivity contribution in [2.45, 2.75) is 97.4 Å². The van der Waals surface area contributed by atoms with E-state index in [1.54, 1.807) is 0 Å². The first-order chi connectivity index (χ1) is 14.9. The lowest BCUT2D eigenvalue weighted by Crippen LogP contribution is -2.71. The van der Waals surface area contributed by atoms with Crippen molar-refractivity contribution < 1.29 is 20.1 Å². The molecule has 0 radical (unpaired) electrons. The molecule has 0 aromatic carbocycles. The SMILES string of the molecule is C=C(/C=C\[C@@H](C)[C@H]1CC[C@H]2[C@@H]3CC(=O)[C@]4(O)C[C@@H](O)C[C@H](O)[C@]4(C)[C@H]3CC[C@]12C)C(C)C. The summed E-state index contributed by atoms with van der Waals surface area (Å²) in [5.41, 5.74) is -1.13. The molecule has 0 unspecified atom stereocenters. The third-order valence-corrected chi connectivity index (χ3v) is 10.8. The van der Waals surface area contributed by atoms with E-state index >= 15 is 0 Å². The van der Waals surface area contributed by atoms with Gasteiger partial charge in [0.1, 0.15) is 5.60 Å². The van der Waals surface area contributed by atoms with Gasteiger partial charge in [0.05, 0.1) is 12.2 Å². The lowest BCUT2D eigenvalue weighted by molar-refractivity contribution is -0.245. The molecule has 4 heteroatoms. The molecule has 0 saturated heterocycles. The third-order valence-electron chi connectivity index (χ3n) is 10.8. The van der Waals surface area contributed by atoms with E-state index < -0.39 is 23.2 Å². The van der Waals surface area contributed by atoms with E-state index in [1.807, 2.05) is 6.92 Å². The summed E-state index contributed by atoms with van der Waals surface area (Å²) in [6, 6.07) is 0. The van der Waals surface area contributed by atoms with Crippen LogP contribution < -0.4 is 0 Å². The number of fused-ring (bicyclic) bond motifs is 5. The van der Waals surface area contributed by atoms with Crippen molar-refractivity contribution in [3.63, 3.8) is 0 Å². The number of ketones is 1. The number of aliphatic hydroxyl groups is 3. The van der Waals surface area contributed by atoms with E-state index in [2.05, 4.69) is 46.4 Å². The standard InChI is InChI=1S/C28H44O4/c1-16(2)17(3)7-8-18(4)21-9-10-22-20-14-25(31)28(32)15-19(29)13-24(30)27(28,6)23(20)11-12-26(21,22)5/h7-8,16,18-24,29-30,32H,3,9-15H2,1-2,4-6H3/b8-7-/t18-,19+,20+,21-,22+,23+,24+,26-,27+,28-/m1/s1. The van der Waals surface area contributed by atoms with E-state index in [1.165, 1.54) is 12.0 Å². The van der Waals surface area contributed by atoms with E-state index in [0.29, 0.717) is 30.1 Å². The average Bonchev–Trinajstić information content (AvgIpc) is 3.06. The van der Waals surface area contributed by atoms with E-state index in [0.717, 1.165) is 19.3 Å². The summed E-state index contributed by atoms with van der Waals surface area (Å²) in [5, 5.41) is 32.8. The minimum absolute atomic E-state index is 0.0642. The van der Waals surface area contributed by atoms with Gasteiger partial charge in [-0.15, -0.1) is 0 Å². The van der Waals surface area contributed by atoms with Crippen LogP contribution in [0.1, 0.15) is 79.6 Å². The first-order valence-electron chi connectivity index (χ1n) is 12.8. The van der Waals surface area contributed by atoms with Crippen molar-refractivity contribution in [1.29, 1.82) is 0 Å². The minimum Gasteiger partial charge on any atom is -0.393 e. The predicted octanol–water partition coefficient (Wildman–Crippen LogP) is 4.68. The van der Waals surface area contributed by atoms with Crippen LogP contribution >= 0.6 is 0 Å². The molecule has 0 bridgehead atoms. The number of hydrogen-bond donors (Lipinski definition) is 3. The highest BCUT2D eigenvalue weighted by atomic mass is 16.3. The Morgan fingerprint density at radius 2 is 1.81 bits per heavy atom. The van der Waals surface area contributed by atoms with E-state index in [9.17, 15) is 20.1 Å². The van der Waals surface area contributed by atoms with Crippen molar-refractivity contribution in [2.75, 3.05) is 0 Å². The molecule has 4 rings (SSSR count). The van der Waals surface area contributed by atoms with Gasteiger partial charge in [0.15, 0.2) is 5.78 Å². The number of carbonyl (C=O) groups is 1. The highest BCUT2D eigenvalue weighted by Crippen LogP contribution is 2.68.